The SMILES string of the molecule is CN1C(=O)N(CC(=O)Nc2cccc(C#Cc3cccs3)c2)C(=O)C12CCCCC2. The molecule has 154 valence electrons. The zero-order chi connectivity index (χ0) is 21.1. The summed E-state index contributed by atoms with van der Waals surface area (Å²) in [4.78, 5) is 41.8. The van der Waals surface area contributed by atoms with Crippen LogP contribution in [0.3, 0.4) is 0 Å². The number of carbonyl (C=O) groups is 3. The molecule has 0 bridgehead atoms. The van der Waals surface area contributed by atoms with Crippen molar-refractivity contribution in [2.75, 3.05) is 18.9 Å². The number of nitrogens with zero attached hydrogens (tertiary/aromatic N) is 2. The van der Waals surface area contributed by atoms with E-state index in [1.807, 2.05) is 29.6 Å². The summed E-state index contributed by atoms with van der Waals surface area (Å²) in [5.74, 6) is 5.51. The van der Waals surface area contributed by atoms with Crippen molar-refractivity contribution in [1.82, 2.24) is 9.80 Å². The van der Waals surface area contributed by atoms with Crippen molar-refractivity contribution < 1.29 is 14.4 Å². The third-order valence-corrected chi connectivity index (χ3v) is 6.57. The molecule has 1 aliphatic carbocycles. The normalized spacial score (nSPS) is 17.8. The van der Waals surface area contributed by atoms with Crippen LogP contribution in [0.4, 0.5) is 10.5 Å². The first kappa shape index (κ1) is 20.2. The van der Waals surface area contributed by atoms with Crippen molar-refractivity contribution >= 4 is 34.9 Å². The van der Waals surface area contributed by atoms with Gasteiger partial charge in [0.05, 0.1) is 4.88 Å². The van der Waals surface area contributed by atoms with E-state index in [0.717, 1.165) is 34.6 Å². The van der Waals surface area contributed by atoms with E-state index in [0.29, 0.717) is 18.5 Å². The van der Waals surface area contributed by atoms with Crippen LogP contribution < -0.4 is 5.32 Å². The zero-order valence-corrected chi connectivity index (χ0v) is 17.6. The molecule has 4 amide bonds. The molecule has 2 aromatic rings. The molecule has 0 radical (unpaired) electrons. The average molecular weight is 422 g/mol. The largest absolute Gasteiger partial charge is 0.327 e. The molecule has 7 heteroatoms. The first-order chi connectivity index (χ1) is 14.5. The fourth-order valence-electron chi connectivity index (χ4n) is 4.17. The van der Waals surface area contributed by atoms with Crippen LogP contribution in [-0.4, -0.2) is 46.8 Å². The molecule has 1 saturated heterocycles. The van der Waals surface area contributed by atoms with Crippen LogP contribution >= 0.6 is 11.3 Å². The predicted molar refractivity (Wildman–Crippen MR) is 116 cm³/mol. The lowest BCUT2D eigenvalue weighted by Gasteiger charge is -2.35. The van der Waals surface area contributed by atoms with Crippen molar-refractivity contribution in [3.05, 3.63) is 52.2 Å². The van der Waals surface area contributed by atoms with Gasteiger partial charge in [-0.2, -0.15) is 0 Å². The van der Waals surface area contributed by atoms with Gasteiger partial charge < -0.3 is 10.2 Å². The van der Waals surface area contributed by atoms with E-state index < -0.39 is 17.5 Å². The number of imide groups is 1. The lowest BCUT2D eigenvalue weighted by molar-refractivity contribution is -0.136. The lowest BCUT2D eigenvalue weighted by Crippen LogP contribution is -2.49. The summed E-state index contributed by atoms with van der Waals surface area (Å²) in [5, 5.41) is 4.75. The van der Waals surface area contributed by atoms with E-state index in [-0.39, 0.29) is 12.5 Å². The van der Waals surface area contributed by atoms with Crippen LogP contribution in [0.2, 0.25) is 0 Å². The monoisotopic (exact) mass is 421 g/mol. The van der Waals surface area contributed by atoms with Crippen LogP contribution in [0.15, 0.2) is 41.8 Å². The molecular formula is C23H23N3O3S. The van der Waals surface area contributed by atoms with Gasteiger partial charge >= 0.3 is 6.03 Å². The van der Waals surface area contributed by atoms with Crippen molar-refractivity contribution in [1.29, 1.82) is 0 Å². The van der Waals surface area contributed by atoms with Crippen LogP contribution in [0, 0.1) is 11.8 Å². The molecule has 1 aromatic carbocycles. The number of hydrogen-bond acceptors (Lipinski definition) is 4. The quantitative estimate of drug-likeness (QED) is 0.607. The van der Waals surface area contributed by atoms with E-state index in [1.165, 1.54) is 4.90 Å². The molecule has 0 unspecified atom stereocenters. The van der Waals surface area contributed by atoms with E-state index in [2.05, 4.69) is 17.2 Å². The van der Waals surface area contributed by atoms with Gasteiger partial charge in [0.15, 0.2) is 0 Å². The van der Waals surface area contributed by atoms with Gasteiger partial charge in [0.2, 0.25) is 5.91 Å². The molecule has 1 spiro atoms. The summed E-state index contributed by atoms with van der Waals surface area (Å²) in [7, 11) is 1.67. The molecular weight excluding hydrogens is 398 g/mol. The number of benzene rings is 1. The van der Waals surface area contributed by atoms with E-state index in [4.69, 9.17) is 0 Å². The van der Waals surface area contributed by atoms with Gasteiger partial charge in [-0.1, -0.05) is 43.2 Å². The fourth-order valence-corrected chi connectivity index (χ4v) is 4.74. The number of likely N-dealkylation sites (N-methyl/N-ethyl adjacent to an activating group) is 1. The Balaban J connectivity index is 1.43. The van der Waals surface area contributed by atoms with Crippen molar-refractivity contribution in [2.24, 2.45) is 0 Å². The first-order valence-corrected chi connectivity index (χ1v) is 10.9. The number of thiophene rings is 1. The minimum Gasteiger partial charge on any atom is -0.324 e. The molecule has 2 aliphatic rings. The highest BCUT2D eigenvalue weighted by Crippen LogP contribution is 2.39. The molecule has 30 heavy (non-hydrogen) atoms. The first-order valence-electron chi connectivity index (χ1n) is 10.0. The Morgan fingerprint density at radius 1 is 1.13 bits per heavy atom. The molecule has 1 N–H and O–H groups in total. The smallest absolute Gasteiger partial charge is 0.324 e. The second-order valence-electron chi connectivity index (χ2n) is 7.68. The average Bonchev–Trinajstić information content (AvgIpc) is 3.33. The fraction of sp³-hybridized carbons (Fsp3) is 0.348. The summed E-state index contributed by atoms with van der Waals surface area (Å²) >= 11 is 1.57. The topological polar surface area (TPSA) is 69.7 Å². The Bertz CT molecular complexity index is 1030. The van der Waals surface area contributed by atoms with Gasteiger partial charge in [-0.05, 0) is 42.5 Å². The number of carbonyl (C=O) groups excluding carboxylic acids is 3. The maximum absolute atomic E-state index is 13.0. The Morgan fingerprint density at radius 2 is 1.93 bits per heavy atom. The third-order valence-electron chi connectivity index (χ3n) is 5.78. The van der Waals surface area contributed by atoms with Crippen LogP contribution in [0.1, 0.15) is 42.5 Å². The number of urea groups is 1. The second-order valence-corrected chi connectivity index (χ2v) is 8.63. The number of anilines is 1. The Hall–Kier alpha value is -3.11. The van der Waals surface area contributed by atoms with Crippen LogP contribution in [0.5, 0.6) is 0 Å². The lowest BCUT2D eigenvalue weighted by atomic mass is 9.81. The maximum Gasteiger partial charge on any atom is 0.327 e. The highest BCUT2D eigenvalue weighted by atomic mass is 32.1. The third kappa shape index (κ3) is 3.83. The molecule has 1 aromatic heterocycles. The summed E-state index contributed by atoms with van der Waals surface area (Å²) in [6.07, 6.45) is 4.24. The Morgan fingerprint density at radius 3 is 2.67 bits per heavy atom. The van der Waals surface area contributed by atoms with Crippen molar-refractivity contribution in [3.8, 4) is 11.8 Å². The van der Waals surface area contributed by atoms with Crippen LogP contribution in [-0.2, 0) is 9.59 Å². The molecule has 1 saturated carbocycles. The van der Waals surface area contributed by atoms with Gasteiger partial charge in [-0.25, -0.2) is 4.79 Å². The molecule has 2 fully saturated rings. The van der Waals surface area contributed by atoms with Crippen LogP contribution in [0.25, 0.3) is 0 Å². The van der Waals surface area contributed by atoms with Gasteiger partial charge in [0.1, 0.15) is 12.1 Å². The van der Waals surface area contributed by atoms with Crippen molar-refractivity contribution in [3.63, 3.8) is 0 Å². The molecule has 6 nitrogen and oxygen atoms in total. The van der Waals surface area contributed by atoms with Crippen molar-refractivity contribution in [2.45, 2.75) is 37.6 Å². The number of rotatable bonds is 3. The zero-order valence-electron chi connectivity index (χ0n) is 16.8. The summed E-state index contributed by atoms with van der Waals surface area (Å²) in [6.45, 7) is -0.283. The van der Waals surface area contributed by atoms with E-state index >= 15 is 0 Å². The summed E-state index contributed by atoms with van der Waals surface area (Å²) < 4.78 is 0. The number of hydrogen-bond donors (Lipinski definition) is 1. The van der Waals surface area contributed by atoms with Gasteiger partial charge in [-0.3, -0.25) is 14.5 Å². The van der Waals surface area contributed by atoms with Gasteiger partial charge in [-0.15, -0.1) is 11.3 Å². The second kappa shape index (κ2) is 8.33. The highest BCUT2D eigenvalue weighted by molar-refractivity contribution is 7.10. The Kier molecular flexibility index (Phi) is 5.60. The number of nitrogens with one attached hydrogen (secondary N) is 1. The van der Waals surface area contributed by atoms with E-state index in [1.54, 1.807) is 30.5 Å². The minimum absolute atomic E-state index is 0.250. The minimum atomic E-state index is -0.771. The highest BCUT2D eigenvalue weighted by Gasteiger charge is 2.55. The maximum atomic E-state index is 13.0. The summed E-state index contributed by atoms with van der Waals surface area (Å²) in [5.41, 5.74) is 0.584. The molecule has 0 atom stereocenters. The standard InChI is InChI=1S/C23H23N3O3S/c1-25-22(29)26(21(28)23(25)12-3-2-4-13-23)16-20(27)24-18-8-5-7-17(15-18)10-11-19-9-6-14-30-19/h5-9,14-15H,2-4,12-13,16H2,1H3,(H,24,27). The van der Waals surface area contributed by atoms with Gasteiger partial charge in [0, 0.05) is 18.3 Å². The Labute approximate surface area is 179 Å². The molecule has 4 rings (SSSR count). The van der Waals surface area contributed by atoms with E-state index in [9.17, 15) is 14.4 Å². The summed E-state index contributed by atoms with van der Waals surface area (Å²) in [6, 6.07) is 10.7. The molecule has 2 heterocycles. The predicted octanol–water partition coefficient (Wildman–Crippen LogP) is 3.68. The van der Waals surface area contributed by atoms with Gasteiger partial charge in [0.25, 0.3) is 5.91 Å². The number of amides is 4. The molecule has 1 aliphatic heterocycles.